The van der Waals surface area contributed by atoms with E-state index in [0.29, 0.717) is 5.69 Å². The highest BCUT2D eigenvalue weighted by atomic mass is 16.3. The van der Waals surface area contributed by atoms with Crippen LogP contribution in [-0.2, 0) is 10.2 Å². The van der Waals surface area contributed by atoms with Crippen molar-refractivity contribution in [3.8, 4) is 0 Å². The zero-order valence-electron chi connectivity index (χ0n) is 12.0. The van der Waals surface area contributed by atoms with E-state index in [1.165, 1.54) is 0 Å². The van der Waals surface area contributed by atoms with Crippen LogP contribution >= 0.6 is 0 Å². The molecule has 0 saturated carbocycles. The van der Waals surface area contributed by atoms with Crippen LogP contribution in [0.1, 0.15) is 38.1 Å². The zero-order chi connectivity index (χ0) is 14.8. The lowest BCUT2D eigenvalue weighted by atomic mass is 9.83. The van der Waals surface area contributed by atoms with Crippen molar-refractivity contribution >= 4 is 11.6 Å². The third-order valence-electron chi connectivity index (χ3n) is 3.52. The van der Waals surface area contributed by atoms with Gasteiger partial charge in [-0.3, -0.25) is 4.79 Å². The summed E-state index contributed by atoms with van der Waals surface area (Å²) in [6.45, 7) is 5.68. The predicted octanol–water partition coefficient (Wildman–Crippen LogP) is 3.02. The van der Waals surface area contributed by atoms with Gasteiger partial charge in [-0.15, -0.1) is 0 Å². The second-order valence-corrected chi connectivity index (χ2v) is 5.46. The molecule has 2 aromatic rings. The van der Waals surface area contributed by atoms with Gasteiger partial charge in [-0.1, -0.05) is 12.1 Å². The number of nitrogens with two attached hydrogens (primary N) is 1. The quantitative estimate of drug-likeness (QED) is 0.841. The first kappa shape index (κ1) is 14.2. The van der Waals surface area contributed by atoms with Gasteiger partial charge in [0.15, 0.2) is 0 Å². The molecule has 1 aromatic heterocycles. The monoisotopic (exact) mass is 272 g/mol. The van der Waals surface area contributed by atoms with E-state index in [0.717, 1.165) is 11.3 Å². The number of carbonyl (C=O) groups is 1. The molecule has 3 N–H and O–H groups in total. The van der Waals surface area contributed by atoms with Crippen molar-refractivity contribution in [2.75, 3.05) is 5.73 Å². The summed E-state index contributed by atoms with van der Waals surface area (Å²) < 4.78 is 5.30. The predicted molar refractivity (Wildman–Crippen MR) is 79.1 cm³/mol. The highest BCUT2D eigenvalue weighted by Gasteiger charge is 2.31. The first-order chi connectivity index (χ1) is 9.41. The molecule has 1 amide bonds. The number of amides is 1. The molecule has 0 aliphatic carbocycles. The van der Waals surface area contributed by atoms with Crippen molar-refractivity contribution in [1.82, 2.24) is 5.32 Å². The third-order valence-corrected chi connectivity index (χ3v) is 3.52. The summed E-state index contributed by atoms with van der Waals surface area (Å²) in [6.07, 6.45) is 1.60. The lowest BCUT2D eigenvalue weighted by molar-refractivity contribution is -0.126. The minimum absolute atomic E-state index is 0.0498. The van der Waals surface area contributed by atoms with Gasteiger partial charge >= 0.3 is 0 Å². The fourth-order valence-electron chi connectivity index (χ4n) is 2.02. The average Bonchev–Trinajstić information content (AvgIpc) is 2.93. The van der Waals surface area contributed by atoms with Gasteiger partial charge in [0.25, 0.3) is 0 Å². The Hall–Kier alpha value is -2.23. The smallest absolute Gasteiger partial charge is 0.230 e. The second kappa shape index (κ2) is 5.41. The average molecular weight is 272 g/mol. The molecule has 4 heteroatoms. The van der Waals surface area contributed by atoms with Gasteiger partial charge in [0.1, 0.15) is 5.76 Å². The van der Waals surface area contributed by atoms with Crippen molar-refractivity contribution in [2.24, 2.45) is 0 Å². The van der Waals surface area contributed by atoms with E-state index in [-0.39, 0.29) is 11.9 Å². The van der Waals surface area contributed by atoms with Crippen molar-refractivity contribution in [3.63, 3.8) is 0 Å². The van der Waals surface area contributed by atoms with Gasteiger partial charge in [0, 0.05) is 5.69 Å². The SMILES string of the molecule is CC(NC(=O)C(C)(C)c1ccc(N)cc1)c1ccco1. The first-order valence-electron chi connectivity index (χ1n) is 6.61. The molecule has 106 valence electrons. The number of rotatable bonds is 4. The lowest BCUT2D eigenvalue weighted by Gasteiger charge is -2.26. The summed E-state index contributed by atoms with van der Waals surface area (Å²) in [5.41, 5.74) is 6.66. The molecule has 2 rings (SSSR count). The summed E-state index contributed by atoms with van der Waals surface area (Å²) in [5, 5.41) is 2.97. The highest BCUT2D eigenvalue weighted by Crippen LogP contribution is 2.25. The first-order valence-corrected chi connectivity index (χ1v) is 6.61. The summed E-state index contributed by atoms with van der Waals surface area (Å²) in [5.74, 6) is 0.692. The summed E-state index contributed by atoms with van der Waals surface area (Å²) in [6, 6.07) is 10.9. The van der Waals surface area contributed by atoms with Crippen LogP contribution in [0.15, 0.2) is 47.1 Å². The van der Waals surface area contributed by atoms with Gasteiger partial charge in [0.2, 0.25) is 5.91 Å². The number of hydrogen-bond donors (Lipinski definition) is 2. The molecule has 0 spiro atoms. The Morgan fingerprint density at radius 1 is 1.25 bits per heavy atom. The van der Waals surface area contributed by atoms with Crippen LogP contribution < -0.4 is 11.1 Å². The van der Waals surface area contributed by atoms with Crippen molar-refractivity contribution in [1.29, 1.82) is 0 Å². The molecule has 1 atom stereocenters. The molecular weight excluding hydrogens is 252 g/mol. The van der Waals surface area contributed by atoms with Gasteiger partial charge in [-0.05, 0) is 50.6 Å². The van der Waals surface area contributed by atoms with Crippen LogP contribution in [0.5, 0.6) is 0 Å². The largest absolute Gasteiger partial charge is 0.467 e. The van der Waals surface area contributed by atoms with E-state index >= 15 is 0 Å². The van der Waals surface area contributed by atoms with E-state index in [1.54, 1.807) is 18.4 Å². The summed E-state index contributed by atoms with van der Waals surface area (Å²) in [4.78, 5) is 12.5. The molecular formula is C16H20N2O2. The summed E-state index contributed by atoms with van der Waals surface area (Å²) in [7, 11) is 0. The second-order valence-electron chi connectivity index (χ2n) is 5.46. The number of anilines is 1. The molecule has 1 heterocycles. The molecule has 4 nitrogen and oxygen atoms in total. The number of furan rings is 1. The Balaban J connectivity index is 2.13. The van der Waals surface area contributed by atoms with Crippen LogP contribution in [-0.4, -0.2) is 5.91 Å². The third kappa shape index (κ3) is 2.85. The Morgan fingerprint density at radius 3 is 2.45 bits per heavy atom. The van der Waals surface area contributed by atoms with E-state index in [1.807, 2.05) is 45.0 Å². The topological polar surface area (TPSA) is 68.3 Å². The van der Waals surface area contributed by atoms with Gasteiger partial charge < -0.3 is 15.5 Å². The molecule has 20 heavy (non-hydrogen) atoms. The van der Waals surface area contributed by atoms with Crippen molar-refractivity contribution in [3.05, 3.63) is 54.0 Å². The normalized spacial score (nSPS) is 12.9. The standard InChI is InChI=1S/C16H20N2O2/c1-11(14-5-4-10-20-14)18-15(19)16(2,3)12-6-8-13(17)9-7-12/h4-11H,17H2,1-3H3,(H,18,19). The van der Waals surface area contributed by atoms with Gasteiger partial charge in [-0.25, -0.2) is 0 Å². The van der Waals surface area contributed by atoms with Crippen LogP contribution in [0.3, 0.4) is 0 Å². The number of hydrogen-bond acceptors (Lipinski definition) is 3. The number of nitrogens with one attached hydrogen (secondary N) is 1. The Kier molecular flexibility index (Phi) is 3.84. The minimum atomic E-state index is -0.630. The van der Waals surface area contributed by atoms with Crippen molar-refractivity contribution in [2.45, 2.75) is 32.2 Å². The van der Waals surface area contributed by atoms with E-state index in [4.69, 9.17) is 10.2 Å². The fourth-order valence-corrected chi connectivity index (χ4v) is 2.02. The minimum Gasteiger partial charge on any atom is -0.467 e. The molecule has 0 aliphatic heterocycles. The van der Waals surface area contributed by atoms with Crippen LogP contribution in [0, 0.1) is 0 Å². The molecule has 0 bridgehead atoms. The zero-order valence-corrected chi connectivity index (χ0v) is 12.0. The van der Waals surface area contributed by atoms with E-state index < -0.39 is 5.41 Å². The number of benzene rings is 1. The van der Waals surface area contributed by atoms with Crippen LogP contribution in [0.25, 0.3) is 0 Å². The molecule has 0 saturated heterocycles. The maximum absolute atomic E-state index is 12.5. The fraction of sp³-hybridized carbons (Fsp3) is 0.312. The molecule has 0 aliphatic rings. The molecule has 0 radical (unpaired) electrons. The van der Waals surface area contributed by atoms with E-state index in [2.05, 4.69) is 5.32 Å². The Bertz CT molecular complexity index is 571. The van der Waals surface area contributed by atoms with Crippen molar-refractivity contribution < 1.29 is 9.21 Å². The number of nitrogen functional groups attached to an aromatic ring is 1. The lowest BCUT2D eigenvalue weighted by Crippen LogP contribution is -2.41. The maximum Gasteiger partial charge on any atom is 0.230 e. The van der Waals surface area contributed by atoms with Crippen LogP contribution in [0.4, 0.5) is 5.69 Å². The Labute approximate surface area is 119 Å². The Morgan fingerprint density at radius 2 is 1.90 bits per heavy atom. The number of carbonyl (C=O) groups excluding carboxylic acids is 1. The van der Waals surface area contributed by atoms with Gasteiger partial charge in [-0.2, -0.15) is 0 Å². The highest BCUT2D eigenvalue weighted by molar-refractivity contribution is 5.87. The van der Waals surface area contributed by atoms with E-state index in [9.17, 15) is 4.79 Å². The van der Waals surface area contributed by atoms with Gasteiger partial charge in [0.05, 0.1) is 17.7 Å². The molecule has 0 fully saturated rings. The molecule has 1 unspecified atom stereocenters. The summed E-state index contributed by atoms with van der Waals surface area (Å²) >= 11 is 0. The molecule has 1 aromatic carbocycles. The maximum atomic E-state index is 12.5. The van der Waals surface area contributed by atoms with Crippen LogP contribution in [0.2, 0.25) is 0 Å².